The molecule has 1 aliphatic heterocycles. The van der Waals surface area contributed by atoms with Crippen LogP contribution in [0.2, 0.25) is 0 Å². The summed E-state index contributed by atoms with van der Waals surface area (Å²) in [5, 5.41) is 45.9. The maximum atomic E-state index is 11.0. The number of H-pyrrole nitrogens is 1. The number of anilines is 1. The molecule has 1 unspecified atom stereocenters. The average molecular weight is 590 g/mol. The standard InChI is InChI=1S/C12H18N12O2.2C2HF3O2/c13-10-17-3-6(20-10)7-4(1-18-23-15)5(2-19-24-16)8(25)12(7)9(26)21-11(14)22-12;2*3-2(4,5)1(6)7/h3-5,7-9,25-26H,1-2H2,(H3,13,17,20)(H3,14,21,22);2*(H,6,7)/t4-,5-,7-,8+,9?,12+;;/m1../s1. The molecule has 1 fully saturated rings. The highest BCUT2D eigenvalue weighted by atomic mass is 19.4. The van der Waals surface area contributed by atoms with Crippen LogP contribution in [0.15, 0.2) is 21.4 Å². The highest BCUT2D eigenvalue weighted by Gasteiger charge is 2.66. The second kappa shape index (κ2) is 12.9. The van der Waals surface area contributed by atoms with Crippen molar-refractivity contribution in [1.29, 1.82) is 0 Å². The Morgan fingerprint density at radius 1 is 1.00 bits per heavy atom. The minimum atomic E-state index is -5.08. The van der Waals surface area contributed by atoms with Crippen LogP contribution >= 0.6 is 0 Å². The van der Waals surface area contributed by atoms with Crippen molar-refractivity contribution in [3.8, 4) is 0 Å². The molecule has 3 rings (SSSR count). The lowest BCUT2D eigenvalue weighted by molar-refractivity contribution is -0.193. The molecule has 1 spiro atoms. The monoisotopic (exact) mass is 590 g/mol. The number of guanidine groups is 1. The van der Waals surface area contributed by atoms with Gasteiger partial charge in [-0.25, -0.2) is 19.6 Å². The minimum Gasteiger partial charge on any atom is -0.475 e. The number of aromatic nitrogens is 2. The van der Waals surface area contributed by atoms with Gasteiger partial charge in [0.25, 0.3) is 0 Å². The van der Waals surface area contributed by atoms with Gasteiger partial charge in [-0.2, -0.15) is 26.3 Å². The van der Waals surface area contributed by atoms with Gasteiger partial charge in [-0.15, -0.1) is 0 Å². The fraction of sp³-hybridized carbons (Fsp3) is 0.625. The summed E-state index contributed by atoms with van der Waals surface area (Å²) in [5.74, 6) is -7.19. The van der Waals surface area contributed by atoms with Crippen LogP contribution in [0.1, 0.15) is 11.6 Å². The van der Waals surface area contributed by atoms with Crippen LogP contribution in [-0.4, -0.2) is 91.6 Å². The zero-order valence-corrected chi connectivity index (χ0v) is 19.5. The Balaban J connectivity index is 0.000000473. The Morgan fingerprint density at radius 3 is 1.77 bits per heavy atom. The average Bonchev–Trinajstić information content (AvgIpc) is 3.45. The highest BCUT2D eigenvalue weighted by molar-refractivity contribution is 5.81. The van der Waals surface area contributed by atoms with Crippen LogP contribution < -0.4 is 16.8 Å². The van der Waals surface area contributed by atoms with E-state index in [4.69, 9.17) is 42.3 Å². The first kappa shape index (κ1) is 33.4. The first-order chi connectivity index (χ1) is 18.3. The number of nitrogen functional groups attached to an aromatic ring is 1. The van der Waals surface area contributed by atoms with Gasteiger partial charge in [0.2, 0.25) is 0 Å². The highest BCUT2D eigenvalue weighted by Crippen LogP contribution is 2.53. The number of aliphatic imine (C=N–C) groups is 1. The number of aliphatic carboxylic acids is 2. The number of carbonyl (C=O) groups is 2. The van der Waals surface area contributed by atoms with E-state index in [0.29, 0.717) is 5.69 Å². The van der Waals surface area contributed by atoms with Crippen LogP contribution in [0.3, 0.4) is 0 Å². The Labute approximate surface area is 216 Å². The van der Waals surface area contributed by atoms with Crippen LogP contribution in [0, 0.1) is 11.8 Å². The number of carboxylic acid groups (broad SMARTS) is 2. The van der Waals surface area contributed by atoms with E-state index in [-0.39, 0.29) is 25.0 Å². The number of rotatable bonds is 5. The maximum absolute atomic E-state index is 11.0. The summed E-state index contributed by atoms with van der Waals surface area (Å²) >= 11 is 0. The SMILES string of the molecule is O=C(O)C(F)(F)F.O=C(O)C(F)(F)F.[N-]=[N+]=NC[C@@H]1[C@@H](CN=[N+]=[N-])[C@H](c2cnc(N)[nH]2)[C@]2(NC(N)=NC2O)[C@H]1O. The van der Waals surface area contributed by atoms with Gasteiger partial charge in [0, 0.05) is 34.5 Å². The molecule has 0 bridgehead atoms. The van der Waals surface area contributed by atoms with E-state index in [1.54, 1.807) is 0 Å². The Hall–Kier alpha value is -4.66. The zero-order valence-electron chi connectivity index (χ0n) is 19.5. The Kier molecular flexibility index (Phi) is 10.8. The number of nitrogens with zero attached hydrogens (tertiary/aromatic N) is 8. The lowest BCUT2D eigenvalue weighted by Crippen LogP contribution is -2.61. The molecule has 24 heteroatoms. The lowest BCUT2D eigenvalue weighted by atomic mass is 9.79. The topological polar surface area (TPSA) is 318 Å². The minimum absolute atomic E-state index is 0.0151. The van der Waals surface area contributed by atoms with Crippen molar-refractivity contribution in [2.45, 2.75) is 36.1 Å². The summed E-state index contributed by atoms with van der Waals surface area (Å²) in [7, 11) is 0. The molecule has 2 heterocycles. The molecule has 0 saturated heterocycles. The van der Waals surface area contributed by atoms with Gasteiger partial charge in [-0.1, -0.05) is 10.2 Å². The molecule has 1 aliphatic carbocycles. The van der Waals surface area contributed by atoms with Crippen LogP contribution in [0.25, 0.3) is 20.9 Å². The van der Waals surface area contributed by atoms with E-state index in [2.05, 4.69) is 40.3 Å². The Bertz CT molecular complexity index is 1170. The van der Waals surface area contributed by atoms with Crippen LogP contribution in [0.4, 0.5) is 32.3 Å². The van der Waals surface area contributed by atoms with Gasteiger partial charge in [0.05, 0.1) is 12.3 Å². The predicted octanol–water partition coefficient (Wildman–Crippen LogP) is 0.545. The molecule has 0 amide bonds. The van der Waals surface area contributed by atoms with Gasteiger partial charge in [0.1, 0.15) is 5.54 Å². The fourth-order valence-electron chi connectivity index (χ4n) is 4.13. The normalized spacial score (nSPS) is 27.0. The number of aliphatic hydroxyl groups is 2. The van der Waals surface area contributed by atoms with E-state index in [1.807, 2.05) is 0 Å². The van der Waals surface area contributed by atoms with Crippen molar-refractivity contribution in [1.82, 2.24) is 15.3 Å². The van der Waals surface area contributed by atoms with Gasteiger partial charge in [0.15, 0.2) is 18.1 Å². The number of hydrogen-bond donors (Lipinski definition) is 8. The van der Waals surface area contributed by atoms with Gasteiger partial charge in [-0.3, -0.25) is 0 Å². The van der Waals surface area contributed by atoms with E-state index in [0.717, 1.165) is 0 Å². The van der Waals surface area contributed by atoms with Gasteiger partial charge < -0.3 is 42.2 Å². The molecule has 1 saturated carbocycles. The summed E-state index contributed by atoms with van der Waals surface area (Å²) in [6.07, 6.45) is -11.3. The molecule has 18 nitrogen and oxygen atoms in total. The largest absolute Gasteiger partial charge is 0.490 e. The Morgan fingerprint density at radius 2 is 1.45 bits per heavy atom. The third-order valence-corrected chi connectivity index (χ3v) is 5.57. The van der Waals surface area contributed by atoms with E-state index >= 15 is 0 Å². The number of imidazole rings is 1. The third kappa shape index (κ3) is 7.69. The molecular formula is C16H20F6N12O6. The molecule has 0 aromatic carbocycles. The molecule has 6 atom stereocenters. The molecule has 10 N–H and O–H groups in total. The molecule has 1 aromatic heterocycles. The van der Waals surface area contributed by atoms with E-state index in [9.17, 15) is 36.6 Å². The number of nitrogens with one attached hydrogen (secondary N) is 2. The number of aliphatic hydroxyl groups excluding tert-OH is 2. The molecule has 40 heavy (non-hydrogen) atoms. The molecule has 222 valence electrons. The number of alkyl halides is 6. The summed E-state index contributed by atoms with van der Waals surface area (Å²) in [5.41, 5.74) is 27.9. The number of azide groups is 2. The molecular weight excluding hydrogens is 570 g/mol. The lowest BCUT2D eigenvalue weighted by Gasteiger charge is -2.37. The van der Waals surface area contributed by atoms with Gasteiger partial charge in [-0.05, 0) is 22.9 Å². The quantitative estimate of drug-likeness (QED) is 0.102. The molecule has 1 aromatic rings. The van der Waals surface area contributed by atoms with Crippen molar-refractivity contribution in [3.63, 3.8) is 0 Å². The van der Waals surface area contributed by atoms with Crippen molar-refractivity contribution < 1.29 is 56.4 Å². The number of carboxylic acids is 2. The second-order valence-corrected chi connectivity index (χ2v) is 7.85. The molecule has 0 radical (unpaired) electrons. The van der Waals surface area contributed by atoms with Crippen molar-refractivity contribution >= 4 is 23.8 Å². The first-order valence-corrected chi connectivity index (χ1v) is 10.2. The maximum Gasteiger partial charge on any atom is 0.490 e. The van der Waals surface area contributed by atoms with Gasteiger partial charge >= 0.3 is 24.3 Å². The summed E-state index contributed by atoms with van der Waals surface area (Å²) in [6, 6.07) is 0. The van der Waals surface area contributed by atoms with E-state index < -0.39 is 59.9 Å². The third-order valence-electron chi connectivity index (χ3n) is 5.57. The number of aromatic amines is 1. The molecule has 2 aliphatic rings. The smallest absolute Gasteiger partial charge is 0.475 e. The first-order valence-electron chi connectivity index (χ1n) is 10.2. The number of nitrogens with two attached hydrogens (primary N) is 2. The van der Waals surface area contributed by atoms with Crippen LogP contribution in [0.5, 0.6) is 0 Å². The summed E-state index contributed by atoms with van der Waals surface area (Å²) in [4.78, 5) is 34.0. The van der Waals surface area contributed by atoms with E-state index in [1.165, 1.54) is 6.20 Å². The summed E-state index contributed by atoms with van der Waals surface area (Å²) in [6.45, 7) is -0.0850. The fourth-order valence-corrected chi connectivity index (χ4v) is 4.13. The van der Waals surface area contributed by atoms with Crippen molar-refractivity contribution in [2.24, 2.45) is 32.8 Å². The number of halogens is 6. The second-order valence-electron chi connectivity index (χ2n) is 7.85. The summed E-state index contributed by atoms with van der Waals surface area (Å²) < 4.78 is 63.5. The number of hydrogen-bond acceptors (Lipinski definition) is 11. The predicted molar refractivity (Wildman–Crippen MR) is 118 cm³/mol. The van der Waals surface area contributed by atoms with Crippen LogP contribution in [-0.2, 0) is 9.59 Å². The van der Waals surface area contributed by atoms with Crippen molar-refractivity contribution in [3.05, 3.63) is 32.8 Å². The van der Waals surface area contributed by atoms with Crippen molar-refractivity contribution in [2.75, 3.05) is 18.8 Å². The zero-order chi connectivity index (χ0) is 31.1.